The van der Waals surface area contributed by atoms with Gasteiger partial charge in [0.15, 0.2) is 6.61 Å². The fourth-order valence-electron chi connectivity index (χ4n) is 5.06. The SMILES string of the molecule is CCOC(=O)N1CCN(C(=O)[C@H](CCC(=O)O)NC(=O)c2cc(OCC(=O)N3CCC(OC)C3)c3ccccc3n2)CC1. The van der Waals surface area contributed by atoms with Crippen molar-refractivity contribution >= 4 is 40.7 Å². The Hall–Kier alpha value is -4.46. The highest BCUT2D eigenvalue weighted by Crippen LogP contribution is 2.26. The molecule has 2 saturated heterocycles. The van der Waals surface area contributed by atoms with Gasteiger partial charge in [0.25, 0.3) is 11.8 Å². The fourth-order valence-corrected chi connectivity index (χ4v) is 5.06. The number of ether oxygens (including phenoxy) is 3. The van der Waals surface area contributed by atoms with Crippen LogP contribution in [0.3, 0.4) is 0 Å². The summed E-state index contributed by atoms with van der Waals surface area (Å²) >= 11 is 0. The van der Waals surface area contributed by atoms with E-state index in [-0.39, 0.29) is 75.7 Å². The number of carbonyl (C=O) groups excluding carboxylic acids is 4. The Bertz CT molecular complexity index is 1340. The molecular weight excluding hydrogens is 562 g/mol. The predicted octanol–water partition coefficient (Wildman–Crippen LogP) is 1.12. The first-order valence-corrected chi connectivity index (χ1v) is 14.3. The molecule has 43 heavy (non-hydrogen) atoms. The highest BCUT2D eigenvalue weighted by Gasteiger charge is 2.31. The molecule has 0 bridgehead atoms. The van der Waals surface area contributed by atoms with Crippen LogP contribution in [0.4, 0.5) is 4.79 Å². The molecule has 2 atom stereocenters. The molecule has 14 nitrogen and oxygen atoms in total. The molecule has 2 aliphatic rings. The van der Waals surface area contributed by atoms with E-state index in [0.717, 1.165) is 6.42 Å². The summed E-state index contributed by atoms with van der Waals surface area (Å²) < 4.78 is 16.2. The highest BCUT2D eigenvalue weighted by molar-refractivity contribution is 5.99. The number of benzene rings is 1. The van der Waals surface area contributed by atoms with Crippen LogP contribution >= 0.6 is 0 Å². The van der Waals surface area contributed by atoms with Crippen molar-refractivity contribution in [3.8, 4) is 5.75 Å². The number of carbonyl (C=O) groups is 5. The van der Waals surface area contributed by atoms with Gasteiger partial charge in [0.1, 0.15) is 17.5 Å². The minimum Gasteiger partial charge on any atom is -0.483 e. The number of pyridine rings is 1. The lowest BCUT2D eigenvalue weighted by Crippen LogP contribution is -2.56. The number of hydrogen-bond donors (Lipinski definition) is 2. The van der Waals surface area contributed by atoms with Crippen molar-refractivity contribution in [3.63, 3.8) is 0 Å². The summed E-state index contributed by atoms with van der Waals surface area (Å²) in [7, 11) is 1.61. The van der Waals surface area contributed by atoms with E-state index in [1.165, 1.54) is 15.9 Å². The number of hydrogen-bond acceptors (Lipinski definition) is 9. The number of carboxylic acids is 1. The highest BCUT2D eigenvalue weighted by atomic mass is 16.6. The quantitative estimate of drug-likeness (QED) is 0.382. The predicted molar refractivity (Wildman–Crippen MR) is 153 cm³/mol. The number of rotatable bonds is 11. The van der Waals surface area contributed by atoms with Crippen LogP contribution in [-0.4, -0.2) is 126 Å². The molecule has 0 saturated carbocycles. The lowest BCUT2D eigenvalue weighted by molar-refractivity contribution is -0.138. The van der Waals surface area contributed by atoms with Crippen molar-refractivity contribution in [1.82, 2.24) is 25.0 Å². The summed E-state index contributed by atoms with van der Waals surface area (Å²) in [5, 5.41) is 12.5. The third-order valence-electron chi connectivity index (χ3n) is 7.46. The van der Waals surface area contributed by atoms with Crippen LogP contribution in [0.1, 0.15) is 36.7 Å². The molecule has 2 aliphatic heterocycles. The van der Waals surface area contributed by atoms with Crippen LogP contribution in [0.25, 0.3) is 10.9 Å². The number of methoxy groups -OCH3 is 1. The van der Waals surface area contributed by atoms with Gasteiger partial charge in [-0.15, -0.1) is 0 Å². The molecule has 0 spiro atoms. The number of aromatic nitrogens is 1. The maximum Gasteiger partial charge on any atom is 0.409 e. The van der Waals surface area contributed by atoms with Gasteiger partial charge in [-0.25, -0.2) is 9.78 Å². The van der Waals surface area contributed by atoms with E-state index < -0.39 is 29.9 Å². The van der Waals surface area contributed by atoms with Gasteiger partial charge in [0.2, 0.25) is 5.91 Å². The molecule has 1 aromatic carbocycles. The van der Waals surface area contributed by atoms with Crippen molar-refractivity contribution in [3.05, 3.63) is 36.0 Å². The van der Waals surface area contributed by atoms with Crippen LogP contribution in [0, 0.1) is 0 Å². The Kier molecular flexibility index (Phi) is 10.7. The number of piperazine rings is 1. The molecule has 14 heteroatoms. The molecule has 0 aliphatic carbocycles. The van der Waals surface area contributed by atoms with Crippen LogP contribution in [0.5, 0.6) is 5.75 Å². The van der Waals surface area contributed by atoms with Crippen molar-refractivity contribution < 1.29 is 43.3 Å². The van der Waals surface area contributed by atoms with Gasteiger partial charge in [0.05, 0.1) is 18.2 Å². The molecule has 232 valence electrons. The third-order valence-corrected chi connectivity index (χ3v) is 7.46. The second-order valence-electron chi connectivity index (χ2n) is 10.3. The molecule has 1 aromatic heterocycles. The number of carboxylic acid groups (broad SMARTS) is 1. The number of fused-ring (bicyclic) bond motifs is 1. The number of para-hydroxylation sites is 1. The minimum atomic E-state index is -1.14. The van der Waals surface area contributed by atoms with E-state index in [1.54, 1.807) is 43.2 Å². The third kappa shape index (κ3) is 8.09. The lowest BCUT2D eigenvalue weighted by Gasteiger charge is -2.35. The van der Waals surface area contributed by atoms with Crippen LogP contribution in [0.15, 0.2) is 30.3 Å². The Labute approximate surface area is 248 Å². The van der Waals surface area contributed by atoms with Crippen LogP contribution < -0.4 is 10.1 Å². The summed E-state index contributed by atoms with van der Waals surface area (Å²) in [5.41, 5.74) is 0.392. The van der Waals surface area contributed by atoms with Gasteiger partial charge in [-0.3, -0.25) is 19.2 Å². The summed E-state index contributed by atoms with van der Waals surface area (Å²) in [6.45, 7) is 3.65. The van der Waals surface area contributed by atoms with E-state index in [0.29, 0.717) is 24.0 Å². The maximum atomic E-state index is 13.4. The first kappa shape index (κ1) is 31.5. The van der Waals surface area contributed by atoms with E-state index in [2.05, 4.69) is 10.3 Å². The summed E-state index contributed by atoms with van der Waals surface area (Å²) in [5.74, 6) is -2.21. The number of likely N-dealkylation sites (tertiary alicyclic amines) is 1. The van der Waals surface area contributed by atoms with Gasteiger partial charge in [-0.1, -0.05) is 12.1 Å². The Balaban J connectivity index is 1.47. The molecule has 4 rings (SSSR count). The van der Waals surface area contributed by atoms with Crippen molar-refractivity contribution in [2.45, 2.75) is 38.3 Å². The van der Waals surface area contributed by atoms with Gasteiger partial charge in [0, 0.05) is 64.3 Å². The molecule has 1 unspecified atom stereocenters. The molecule has 0 radical (unpaired) electrons. The van der Waals surface area contributed by atoms with Gasteiger partial charge in [-0.2, -0.15) is 0 Å². The zero-order valence-electron chi connectivity index (χ0n) is 24.3. The molecule has 4 amide bonds. The summed E-state index contributed by atoms with van der Waals surface area (Å²) in [6.07, 6.45) is -0.220. The van der Waals surface area contributed by atoms with E-state index in [9.17, 15) is 29.1 Å². The topological polar surface area (TPSA) is 168 Å². The second kappa shape index (κ2) is 14.6. The van der Waals surface area contributed by atoms with Gasteiger partial charge >= 0.3 is 12.1 Å². The smallest absolute Gasteiger partial charge is 0.409 e. The van der Waals surface area contributed by atoms with E-state index in [1.807, 2.05) is 0 Å². The minimum absolute atomic E-state index is 0.0146. The summed E-state index contributed by atoms with van der Waals surface area (Å²) in [6, 6.07) is 7.25. The maximum absolute atomic E-state index is 13.4. The average molecular weight is 600 g/mol. The molecule has 2 fully saturated rings. The lowest BCUT2D eigenvalue weighted by atomic mass is 10.1. The molecule has 3 heterocycles. The zero-order chi connectivity index (χ0) is 30.9. The first-order valence-electron chi connectivity index (χ1n) is 14.3. The van der Waals surface area contributed by atoms with Gasteiger partial charge < -0.3 is 39.3 Å². The number of nitrogens with one attached hydrogen (secondary N) is 1. The first-order chi connectivity index (χ1) is 20.7. The van der Waals surface area contributed by atoms with Crippen LogP contribution in [-0.2, 0) is 23.9 Å². The normalized spacial score (nSPS) is 17.4. The number of aliphatic carboxylic acids is 1. The zero-order valence-corrected chi connectivity index (χ0v) is 24.3. The molecule has 2 N–H and O–H groups in total. The Morgan fingerprint density at radius 3 is 2.44 bits per heavy atom. The summed E-state index contributed by atoms with van der Waals surface area (Å²) in [4.78, 5) is 72.0. The Morgan fingerprint density at radius 1 is 1.05 bits per heavy atom. The van der Waals surface area contributed by atoms with Crippen LogP contribution in [0.2, 0.25) is 0 Å². The van der Waals surface area contributed by atoms with Crippen molar-refractivity contribution in [1.29, 1.82) is 0 Å². The standard InChI is InChI=1S/C29H37N5O9/c1-3-42-29(40)33-14-12-32(13-15-33)28(39)22(8-9-26(36)37)31-27(38)23-16-24(20-6-4-5-7-21(20)30-23)43-18-25(35)34-11-10-19(17-34)41-2/h4-7,16,19,22H,3,8-15,17-18H2,1-2H3,(H,31,38)(H,36,37)/t19?,22-/m0/s1. The van der Waals surface area contributed by atoms with Crippen molar-refractivity contribution in [2.75, 3.05) is 59.6 Å². The number of amides is 4. The van der Waals surface area contributed by atoms with E-state index in [4.69, 9.17) is 14.2 Å². The molecule has 2 aromatic rings. The fraction of sp³-hybridized carbons (Fsp3) is 0.517. The van der Waals surface area contributed by atoms with Crippen molar-refractivity contribution in [2.24, 2.45) is 0 Å². The average Bonchev–Trinajstić information content (AvgIpc) is 3.51. The molecular formula is C29H37N5O9. The second-order valence-corrected chi connectivity index (χ2v) is 10.3. The Morgan fingerprint density at radius 2 is 1.77 bits per heavy atom. The van der Waals surface area contributed by atoms with Gasteiger partial charge in [-0.05, 0) is 31.9 Å². The monoisotopic (exact) mass is 599 g/mol. The van der Waals surface area contributed by atoms with E-state index >= 15 is 0 Å². The number of nitrogens with zero attached hydrogens (tertiary/aromatic N) is 4. The largest absolute Gasteiger partial charge is 0.483 e.